The molecule has 0 radical (unpaired) electrons. The number of carboxylic acid groups (broad SMARTS) is 1. The van der Waals surface area contributed by atoms with Crippen LogP contribution >= 0.6 is 11.3 Å². The summed E-state index contributed by atoms with van der Waals surface area (Å²) < 4.78 is 0. The molecule has 1 aromatic rings. The van der Waals surface area contributed by atoms with Crippen LogP contribution in [-0.4, -0.2) is 48.2 Å². The molecule has 0 aromatic carbocycles. The molecule has 1 aromatic heterocycles. The lowest BCUT2D eigenvalue weighted by Gasteiger charge is -2.37. The van der Waals surface area contributed by atoms with E-state index in [1.807, 2.05) is 11.0 Å². The second-order valence-electron chi connectivity index (χ2n) is 3.99. The number of hydrogen-bond donors (Lipinski definition) is 1. The van der Waals surface area contributed by atoms with Gasteiger partial charge in [0.05, 0.1) is 5.00 Å². The number of hydrogen-bond acceptors (Lipinski definition) is 4. The van der Waals surface area contributed by atoms with Crippen molar-refractivity contribution in [3.8, 4) is 0 Å². The second-order valence-corrected chi connectivity index (χ2v) is 4.91. The smallest absolute Gasteiger partial charge is 0.320 e. The monoisotopic (exact) mass is 240 g/mol. The maximum Gasteiger partial charge on any atom is 0.320 e. The molecular weight excluding hydrogens is 224 g/mol. The van der Waals surface area contributed by atoms with Crippen molar-refractivity contribution in [1.29, 1.82) is 0 Å². The highest BCUT2D eigenvalue weighted by molar-refractivity contribution is 7.14. The van der Waals surface area contributed by atoms with Crippen molar-refractivity contribution in [1.82, 2.24) is 4.90 Å². The van der Waals surface area contributed by atoms with E-state index in [2.05, 4.69) is 16.3 Å². The number of aliphatic carboxylic acids is 1. The first-order chi connectivity index (χ1) is 7.68. The van der Waals surface area contributed by atoms with E-state index in [9.17, 15) is 4.79 Å². The Balaban J connectivity index is 1.90. The predicted molar refractivity (Wildman–Crippen MR) is 65.2 cm³/mol. The van der Waals surface area contributed by atoms with Crippen LogP contribution in [0.1, 0.15) is 6.92 Å². The summed E-state index contributed by atoms with van der Waals surface area (Å²) in [5, 5.41) is 12.3. The molecule has 1 unspecified atom stereocenters. The highest BCUT2D eigenvalue weighted by atomic mass is 32.1. The Morgan fingerprint density at radius 2 is 2.12 bits per heavy atom. The maximum atomic E-state index is 10.9. The van der Waals surface area contributed by atoms with Crippen LogP contribution in [0.4, 0.5) is 5.00 Å². The zero-order chi connectivity index (χ0) is 11.5. The van der Waals surface area contributed by atoms with E-state index in [4.69, 9.17) is 5.11 Å². The molecule has 2 heterocycles. The van der Waals surface area contributed by atoms with Gasteiger partial charge in [-0.3, -0.25) is 9.69 Å². The highest BCUT2D eigenvalue weighted by Gasteiger charge is 2.25. The molecule has 0 bridgehead atoms. The average Bonchev–Trinajstić information content (AvgIpc) is 2.81. The lowest BCUT2D eigenvalue weighted by molar-refractivity contribution is -0.142. The average molecular weight is 240 g/mol. The lowest BCUT2D eigenvalue weighted by Crippen LogP contribution is -2.51. The van der Waals surface area contributed by atoms with Crippen molar-refractivity contribution in [2.24, 2.45) is 0 Å². The summed E-state index contributed by atoms with van der Waals surface area (Å²) in [6, 6.07) is 3.79. The molecule has 1 saturated heterocycles. The standard InChI is InChI=1S/C11H16N2O2S/c1-9(11(14)15)12-4-6-13(7-5-12)10-3-2-8-16-10/h2-3,8-9H,4-7H2,1H3,(H,14,15). The molecule has 0 saturated carbocycles. The zero-order valence-electron chi connectivity index (χ0n) is 9.30. The summed E-state index contributed by atoms with van der Waals surface area (Å²) >= 11 is 1.74. The third-order valence-corrected chi connectivity index (χ3v) is 3.97. The minimum absolute atomic E-state index is 0.370. The molecule has 5 heteroatoms. The number of carbonyl (C=O) groups is 1. The van der Waals surface area contributed by atoms with Gasteiger partial charge in [0.15, 0.2) is 0 Å². The van der Waals surface area contributed by atoms with Crippen LogP contribution < -0.4 is 4.90 Å². The lowest BCUT2D eigenvalue weighted by atomic mass is 10.2. The Kier molecular flexibility index (Phi) is 3.46. The normalized spacial score (nSPS) is 19.7. The minimum atomic E-state index is -0.732. The molecular formula is C11H16N2O2S. The molecule has 1 fully saturated rings. The predicted octanol–water partition coefficient (Wildman–Crippen LogP) is 1.34. The Morgan fingerprint density at radius 3 is 2.62 bits per heavy atom. The fourth-order valence-corrected chi connectivity index (χ4v) is 2.72. The Bertz CT molecular complexity index is 345. The fraction of sp³-hybridized carbons (Fsp3) is 0.545. The van der Waals surface area contributed by atoms with Gasteiger partial charge in [0.2, 0.25) is 0 Å². The number of carboxylic acids is 1. The van der Waals surface area contributed by atoms with Gasteiger partial charge in [0, 0.05) is 26.2 Å². The van der Waals surface area contributed by atoms with E-state index in [0.717, 1.165) is 26.2 Å². The number of rotatable bonds is 3. The second kappa shape index (κ2) is 4.84. The summed E-state index contributed by atoms with van der Waals surface area (Å²) in [6.45, 7) is 5.23. The largest absolute Gasteiger partial charge is 0.480 e. The van der Waals surface area contributed by atoms with Gasteiger partial charge in [-0.15, -0.1) is 11.3 Å². The SMILES string of the molecule is CC(C(=O)O)N1CCN(c2cccs2)CC1. The van der Waals surface area contributed by atoms with Crippen LogP contribution in [0.3, 0.4) is 0 Å². The molecule has 16 heavy (non-hydrogen) atoms. The highest BCUT2D eigenvalue weighted by Crippen LogP contribution is 2.22. The molecule has 4 nitrogen and oxygen atoms in total. The van der Waals surface area contributed by atoms with Gasteiger partial charge in [0.25, 0.3) is 0 Å². The number of nitrogens with zero attached hydrogens (tertiary/aromatic N) is 2. The Hall–Kier alpha value is -1.07. The van der Waals surface area contributed by atoms with E-state index in [1.165, 1.54) is 5.00 Å². The molecule has 1 aliphatic heterocycles. The number of piperazine rings is 1. The van der Waals surface area contributed by atoms with Gasteiger partial charge >= 0.3 is 5.97 Å². The topological polar surface area (TPSA) is 43.8 Å². The van der Waals surface area contributed by atoms with Gasteiger partial charge in [-0.1, -0.05) is 0 Å². The van der Waals surface area contributed by atoms with E-state index in [-0.39, 0.29) is 6.04 Å². The van der Waals surface area contributed by atoms with Crippen LogP contribution in [0.5, 0.6) is 0 Å². The third-order valence-electron chi connectivity index (χ3n) is 3.04. The van der Waals surface area contributed by atoms with Gasteiger partial charge < -0.3 is 10.0 Å². The Labute approximate surface area is 99.1 Å². The zero-order valence-corrected chi connectivity index (χ0v) is 10.1. The van der Waals surface area contributed by atoms with Crippen LogP contribution in [0.15, 0.2) is 17.5 Å². The molecule has 2 rings (SSSR count). The van der Waals surface area contributed by atoms with Crippen molar-refractivity contribution in [3.63, 3.8) is 0 Å². The number of thiophene rings is 1. The first-order valence-electron chi connectivity index (χ1n) is 5.44. The summed E-state index contributed by atoms with van der Waals surface area (Å²) in [6.07, 6.45) is 0. The number of anilines is 1. The summed E-state index contributed by atoms with van der Waals surface area (Å²) in [5.41, 5.74) is 0. The van der Waals surface area contributed by atoms with Crippen molar-refractivity contribution in [2.45, 2.75) is 13.0 Å². The van der Waals surface area contributed by atoms with Gasteiger partial charge in [0.1, 0.15) is 6.04 Å². The minimum Gasteiger partial charge on any atom is -0.480 e. The fourth-order valence-electron chi connectivity index (χ4n) is 1.94. The van der Waals surface area contributed by atoms with Crippen LogP contribution in [-0.2, 0) is 4.79 Å². The van der Waals surface area contributed by atoms with Crippen molar-refractivity contribution in [3.05, 3.63) is 17.5 Å². The van der Waals surface area contributed by atoms with Gasteiger partial charge in [-0.05, 0) is 24.4 Å². The molecule has 1 aliphatic rings. The van der Waals surface area contributed by atoms with Crippen LogP contribution in [0.2, 0.25) is 0 Å². The van der Waals surface area contributed by atoms with Crippen molar-refractivity contribution in [2.75, 3.05) is 31.1 Å². The van der Waals surface area contributed by atoms with E-state index in [1.54, 1.807) is 18.3 Å². The summed E-state index contributed by atoms with van der Waals surface area (Å²) in [5.74, 6) is -0.732. The molecule has 1 N–H and O–H groups in total. The van der Waals surface area contributed by atoms with Crippen LogP contribution in [0.25, 0.3) is 0 Å². The quantitative estimate of drug-likeness (QED) is 0.866. The first-order valence-corrected chi connectivity index (χ1v) is 6.32. The summed E-state index contributed by atoms with van der Waals surface area (Å²) in [4.78, 5) is 15.2. The molecule has 0 amide bonds. The first kappa shape index (κ1) is 11.4. The van der Waals surface area contributed by atoms with Crippen molar-refractivity contribution < 1.29 is 9.90 Å². The summed E-state index contributed by atoms with van der Waals surface area (Å²) in [7, 11) is 0. The van der Waals surface area contributed by atoms with E-state index >= 15 is 0 Å². The molecule has 0 aliphatic carbocycles. The molecule has 1 atom stereocenters. The van der Waals surface area contributed by atoms with Crippen molar-refractivity contribution >= 4 is 22.3 Å². The van der Waals surface area contributed by atoms with Gasteiger partial charge in [-0.25, -0.2) is 0 Å². The van der Waals surface area contributed by atoms with E-state index < -0.39 is 5.97 Å². The third kappa shape index (κ3) is 2.36. The molecule has 0 spiro atoms. The van der Waals surface area contributed by atoms with Crippen LogP contribution in [0, 0.1) is 0 Å². The van der Waals surface area contributed by atoms with E-state index in [0.29, 0.717) is 0 Å². The maximum absolute atomic E-state index is 10.9. The molecule has 88 valence electrons. The Morgan fingerprint density at radius 1 is 1.44 bits per heavy atom. The van der Waals surface area contributed by atoms with Gasteiger partial charge in [-0.2, -0.15) is 0 Å².